The Morgan fingerprint density at radius 3 is 2.57 bits per heavy atom. The monoisotopic (exact) mass is 285 g/mol. The molecule has 0 radical (unpaired) electrons. The Labute approximate surface area is 126 Å². The molecule has 2 saturated carbocycles. The van der Waals surface area contributed by atoms with Crippen LogP contribution >= 0.6 is 0 Å². The molecule has 1 N–H and O–H groups in total. The number of nitrogens with one attached hydrogen (secondary N) is 1. The first-order chi connectivity index (χ1) is 10.1. The summed E-state index contributed by atoms with van der Waals surface area (Å²) in [6.45, 7) is 0. The lowest BCUT2D eigenvalue weighted by Gasteiger charge is -2.16. The van der Waals surface area contributed by atoms with E-state index in [1.807, 2.05) is 49.5 Å². The van der Waals surface area contributed by atoms with Crippen molar-refractivity contribution in [1.29, 1.82) is 0 Å². The van der Waals surface area contributed by atoms with Gasteiger partial charge in [0.15, 0.2) is 0 Å². The molecule has 3 unspecified atom stereocenters. The van der Waals surface area contributed by atoms with Crippen LogP contribution in [0.3, 0.4) is 0 Å². The minimum Gasteiger partial charge on any atom is -0.378 e. The van der Waals surface area contributed by atoms with Crippen LogP contribution in [0.15, 0.2) is 29.4 Å². The number of hydrogen-bond acceptors (Lipinski definition) is 3. The fourth-order valence-electron chi connectivity index (χ4n) is 3.64. The van der Waals surface area contributed by atoms with E-state index >= 15 is 0 Å². The van der Waals surface area contributed by atoms with E-state index in [4.69, 9.17) is 0 Å². The Morgan fingerprint density at radius 2 is 2.00 bits per heavy atom. The van der Waals surface area contributed by atoms with Gasteiger partial charge in [-0.05, 0) is 61.3 Å². The van der Waals surface area contributed by atoms with Crippen molar-refractivity contribution in [3.05, 3.63) is 29.8 Å². The van der Waals surface area contributed by atoms with E-state index in [9.17, 15) is 4.79 Å². The van der Waals surface area contributed by atoms with Crippen LogP contribution in [-0.2, 0) is 0 Å². The van der Waals surface area contributed by atoms with Crippen LogP contribution in [0.2, 0.25) is 0 Å². The van der Waals surface area contributed by atoms with E-state index in [1.54, 1.807) is 0 Å². The van der Waals surface area contributed by atoms with Crippen molar-refractivity contribution in [1.82, 2.24) is 5.43 Å². The Hall–Kier alpha value is -1.84. The van der Waals surface area contributed by atoms with Crippen molar-refractivity contribution in [3.8, 4) is 0 Å². The highest BCUT2D eigenvalue weighted by Gasteiger charge is 2.38. The second-order valence-corrected chi connectivity index (χ2v) is 6.50. The first-order valence-electron chi connectivity index (χ1n) is 7.74. The third-order valence-electron chi connectivity index (χ3n) is 4.87. The van der Waals surface area contributed by atoms with Crippen LogP contribution in [0.25, 0.3) is 0 Å². The summed E-state index contributed by atoms with van der Waals surface area (Å²) in [5, 5.41) is 4.17. The first kappa shape index (κ1) is 14.1. The molecule has 4 nitrogen and oxygen atoms in total. The van der Waals surface area contributed by atoms with Crippen molar-refractivity contribution in [3.63, 3.8) is 0 Å². The summed E-state index contributed by atoms with van der Waals surface area (Å²) in [4.78, 5) is 14.0. The summed E-state index contributed by atoms with van der Waals surface area (Å²) in [6, 6.07) is 7.54. The number of fused-ring (bicyclic) bond motifs is 2. The molecule has 2 aliphatic rings. The topological polar surface area (TPSA) is 44.7 Å². The number of hydrogen-bond donors (Lipinski definition) is 1. The predicted octanol–water partition coefficient (Wildman–Crippen LogP) is 2.90. The maximum atomic E-state index is 12.0. The number of benzene rings is 1. The van der Waals surface area contributed by atoms with E-state index in [1.165, 1.54) is 25.7 Å². The van der Waals surface area contributed by atoms with Gasteiger partial charge >= 0.3 is 0 Å². The van der Waals surface area contributed by atoms with E-state index in [0.717, 1.165) is 17.5 Å². The number of carbonyl (C=O) groups is 1. The fourth-order valence-corrected chi connectivity index (χ4v) is 3.64. The number of anilines is 1. The summed E-state index contributed by atoms with van der Waals surface area (Å²) in [5.74, 6) is 2.13. The van der Waals surface area contributed by atoms with Crippen molar-refractivity contribution < 1.29 is 4.79 Å². The van der Waals surface area contributed by atoms with Gasteiger partial charge in [0.25, 0.3) is 5.91 Å². The van der Waals surface area contributed by atoms with Crippen molar-refractivity contribution in [2.45, 2.75) is 25.7 Å². The molecule has 0 heterocycles. The minimum atomic E-state index is -0.139. The first-order valence-corrected chi connectivity index (χ1v) is 7.74. The van der Waals surface area contributed by atoms with Gasteiger partial charge in [0.1, 0.15) is 0 Å². The molecular formula is C17H23N3O. The van der Waals surface area contributed by atoms with Gasteiger partial charge in [0.05, 0.1) is 0 Å². The molecule has 2 aliphatic carbocycles. The maximum absolute atomic E-state index is 12.0. The predicted molar refractivity (Wildman–Crippen MR) is 85.7 cm³/mol. The van der Waals surface area contributed by atoms with Crippen LogP contribution in [0.1, 0.15) is 36.0 Å². The number of hydrazone groups is 1. The SMILES string of the molecule is CN(C)c1ccc(C(=O)N/N=C/C2CC3CCC2C3)cc1. The van der Waals surface area contributed by atoms with Crippen molar-refractivity contribution in [2.24, 2.45) is 22.9 Å². The zero-order valence-corrected chi connectivity index (χ0v) is 12.7. The molecule has 1 aromatic carbocycles. The van der Waals surface area contributed by atoms with Gasteiger partial charge in [-0.15, -0.1) is 0 Å². The highest BCUT2D eigenvalue weighted by atomic mass is 16.2. The summed E-state index contributed by atoms with van der Waals surface area (Å²) in [5.41, 5.74) is 4.38. The van der Waals surface area contributed by atoms with E-state index in [0.29, 0.717) is 11.5 Å². The van der Waals surface area contributed by atoms with Gasteiger partial charge < -0.3 is 4.90 Å². The number of amides is 1. The normalized spacial score (nSPS) is 27.2. The van der Waals surface area contributed by atoms with Gasteiger partial charge in [-0.3, -0.25) is 4.79 Å². The Balaban J connectivity index is 1.54. The van der Waals surface area contributed by atoms with Crippen molar-refractivity contribution in [2.75, 3.05) is 19.0 Å². The smallest absolute Gasteiger partial charge is 0.271 e. The zero-order valence-electron chi connectivity index (χ0n) is 12.7. The van der Waals surface area contributed by atoms with E-state index in [2.05, 4.69) is 10.5 Å². The Bertz CT molecular complexity index is 535. The second kappa shape index (κ2) is 5.88. The lowest BCUT2D eigenvalue weighted by Crippen LogP contribution is -2.20. The van der Waals surface area contributed by atoms with E-state index < -0.39 is 0 Å². The molecule has 3 atom stereocenters. The average molecular weight is 285 g/mol. The lowest BCUT2D eigenvalue weighted by molar-refractivity contribution is 0.0955. The van der Waals surface area contributed by atoms with Gasteiger partial charge in [0, 0.05) is 31.6 Å². The van der Waals surface area contributed by atoms with Crippen LogP contribution in [0.4, 0.5) is 5.69 Å². The molecule has 3 rings (SSSR count). The number of nitrogens with zero attached hydrogens (tertiary/aromatic N) is 2. The minimum absolute atomic E-state index is 0.139. The fraction of sp³-hybridized carbons (Fsp3) is 0.529. The molecule has 2 fully saturated rings. The molecule has 112 valence electrons. The molecule has 21 heavy (non-hydrogen) atoms. The molecule has 1 aromatic rings. The molecule has 2 bridgehead atoms. The van der Waals surface area contributed by atoms with Crippen LogP contribution < -0.4 is 10.3 Å². The van der Waals surface area contributed by atoms with Crippen LogP contribution in [-0.4, -0.2) is 26.2 Å². The zero-order chi connectivity index (χ0) is 14.8. The molecule has 0 aromatic heterocycles. The third-order valence-corrected chi connectivity index (χ3v) is 4.87. The third kappa shape index (κ3) is 3.09. The van der Waals surface area contributed by atoms with Crippen LogP contribution in [0, 0.1) is 17.8 Å². The molecule has 0 spiro atoms. The summed E-state index contributed by atoms with van der Waals surface area (Å²) < 4.78 is 0. The Morgan fingerprint density at radius 1 is 1.24 bits per heavy atom. The molecule has 0 aliphatic heterocycles. The van der Waals surface area contributed by atoms with E-state index in [-0.39, 0.29) is 5.91 Å². The number of carbonyl (C=O) groups excluding carboxylic acids is 1. The maximum Gasteiger partial charge on any atom is 0.271 e. The summed E-state index contributed by atoms with van der Waals surface area (Å²) in [6.07, 6.45) is 7.29. The quantitative estimate of drug-likeness (QED) is 0.683. The van der Waals surface area contributed by atoms with Crippen LogP contribution in [0.5, 0.6) is 0 Å². The molecular weight excluding hydrogens is 262 g/mol. The molecule has 1 amide bonds. The largest absolute Gasteiger partial charge is 0.378 e. The molecule has 0 saturated heterocycles. The standard InChI is InChI=1S/C17H23N3O/c1-20(2)16-7-5-13(6-8-16)17(21)19-18-11-15-10-12-3-4-14(15)9-12/h5-8,11-12,14-15H,3-4,9-10H2,1-2H3,(H,19,21)/b18-11+. The average Bonchev–Trinajstić information content (AvgIpc) is 3.10. The highest BCUT2D eigenvalue weighted by Crippen LogP contribution is 2.47. The van der Waals surface area contributed by atoms with Gasteiger partial charge in [-0.25, -0.2) is 5.43 Å². The summed E-state index contributed by atoms with van der Waals surface area (Å²) >= 11 is 0. The second-order valence-electron chi connectivity index (χ2n) is 6.50. The summed E-state index contributed by atoms with van der Waals surface area (Å²) in [7, 11) is 3.96. The number of rotatable bonds is 4. The van der Waals surface area contributed by atoms with Crippen molar-refractivity contribution >= 4 is 17.8 Å². The van der Waals surface area contributed by atoms with Gasteiger partial charge in [-0.2, -0.15) is 5.10 Å². The van der Waals surface area contributed by atoms with Gasteiger partial charge in [0.2, 0.25) is 0 Å². The lowest BCUT2D eigenvalue weighted by atomic mass is 9.90. The Kier molecular flexibility index (Phi) is 3.95. The van der Waals surface area contributed by atoms with Gasteiger partial charge in [-0.1, -0.05) is 6.42 Å². The highest BCUT2D eigenvalue weighted by molar-refractivity contribution is 5.94. The molecule has 4 heteroatoms.